The standard InChI is InChI=1S/C5H5NO2.C5H8O2.C4H6O3.C4H6O.C4H8.C4H6.C3H8N2O.C3H6O2.4C3H6O.C2H8N2.C2H3NO.C2H6O2S.C2H4O2.C2H4O.2C2H6.CH4O.CH4S/c1-6-4(7)2-3-5(6)8;1-4(2)7-5(3)6;1-3(5)7-4(2)6;1-3-4(2)5;1-4(2)3;1-3-4-2;1-3(6)5-4-2;1-3(4)5-2;4*1-3(2)4;1-3-4-2;1-3-2-4;1-5(2,3)4;1-2(3)4;1-2-3;4*1-2/h2-3H,1H3;1H2,2-3H3;1-2H3;3H,1H2,2H3;1H2,2-3H3;4H,1H2,2H3;4H,1-2H3,(H,5,6);1-2H3;4*1-2H3;3-4H,1-2H3;1H3;1-2H3;1H3,(H,3,4);2H,1H3;2*1-2H3;2*2H,1H3. The molecule has 28 nitrogen and oxygen atoms in total. The molecule has 536 valence electrons. The highest BCUT2D eigenvalue weighted by molar-refractivity contribution is 7.89. The van der Waals surface area contributed by atoms with Crippen molar-refractivity contribution in [2.75, 3.05) is 68.2 Å². The van der Waals surface area contributed by atoms with Gasteiger partial charge in [0.25, 0.3) is 17.8 Å². The van der Waals surface area contributed by atoms with Gasteiger partial charge in [0.1, 0.15) is 39.3 Å². The number of sulfone groups is 1. The van der Waals surface area contributed by atoms with Gasteiger partial charge in [0.05, 0.1) is 12.9 Å². The fourth-order valence-electron chi connectivity index (χ4n) is 1.10. The number of isocyanates is 1. The van der Waals surface area contributed by atoms with E-state index in [1.165, 1.54) is 155 Å². The number of methoxy groups -OCH3 is 1. The van der Waals surface area contributed by atoms with Crippen LogP contribution < -0.4 is 21.7 Å². The van der Waals surface area contributed by atoms with Gasteiger partial charge in [-0.3, -0.25) is 64.3 Å². The number of ether oxygens (including phenoxy) is 3. The second kappa shape index (κ2) is 139. The summed E-state index contributed by atoms with van der Waals surface area (Å²) in [6, 6.07) is 0. The van der Waals surface area contributed by atoms with Gasteiger partial charge >= 0.3 is 23.9 Å². The molecule has 0 spiro atoms. The fourth-order valence-corrected chi connectivity index (χ4v) is 1.10. The highest BCUT2D eigenvalue weighted by atomic mass is 32.2. The van der Waals surface area contributed by atoms with Crippen LogP contribution in [0.3, 0.4) is 0 Å². The number of aliphatic carboxylic acids is 1. The lowest BCUT2D eigenvalue weighted by molar-refractivity contribution is -0.156. The Labute approximate surface area is 547 Å². The van der Waals surface area contributed by atoms with E-state index < -0.39 is 27.7 Å². The molecule has 30 heteroatoms. The van der Waals surface area contributed by atoms with E-state index in [0.717, 1.165) is 37.7 Å². The van der Waals surface area contributed by atoms with E-state index in [9.17, 15) is 66.0 Å². The second-order valence-electron chi connectivity index (χ2n) is 14.4. The monoisotopic (exact) mass is 1340 g/mol. The van der Waals surface area contributed by atoms with Crippen LogP contribution in [0.4, 0.5) is 0 Å². The molecule has 0 radical (unpaired) electrons. The number of rotatable bonds is 4. The number of allylic oxidation sites excluding steroid dienone is 4. The summed E-state index contributed by atoms with van der Waals surface area (Å²) in [4.78, 5) is 148. The summed E-state index contributed by atoms with van der Waals surface area (Å²) in [5, 5.41) is 14.4. The normalized spacial score (nSPS) is 7.58. The van der Waals surface area contributed by atoms with Gasteiger partial charge in [-0.15, -0.1) is 12.3 Å². The Morgan fingerprint density at radius 3 is 0.789 bits per heavy atom. The number of nitrogens with one attached hydrogen (secondary N) is 4. The van der Waals surface area contributed by atoms with Crippen molar-refractivity contribution in [3.8, 4) is 0 Å². The number of hydrogen-bond acceptors (Lipinski definition) is 26. The van der Waals surface area contributed by atoms with Gasteiger partial charge < -0.3 is 48.4 Å². The van der Waals surface area contributed by atoms with Crippen LogP contribution in [-0.2, 0) is 96.0 Å². The Morgan fingerprint density at radius 1 is 0.611 bits per heavy atom. The number of nitrogens with zero attached hydrogens (tertiary/aromatic N) is 2. The number of hydrogen-bond donors (Lipinski definition) is 7. The first-order chi connectivity index (χ1) is 40.8. The number of carbonyl (C=O) groups is 14. The van der Waals surface area contributed by atoms with Crippen LogP contribution in [0.25, 0.3) is 0 Å². The number of Topliss-reactive ketones (excluding diaryl/α,β-unsaturated/α-hetero) is 4. The first-order valence-corrected chi connectivity index (χ1v) is 28.9. The number of aliphatic imine (C=N–C) groups is 1. The molecule has 0 aliphatic carbocycles. The van der Waals surface area contributed by atoms with E-state index in [1.54, 1.807) is 26.3 Å². The van der Waals surface area contributed by atoms with Crippen molar-refractivity contribution in [2.24, 2.45) is 4.99 Å². The first-order valence-electron chi connectivity index (χ1n) is 25.7. The minimum absolute atomic E-state index is 0.0185. The summed E-state index contributed by atoms with van der Waals surface area (Å²) < 4.78 is 31.8. The number of esters is 4. The van der Waals surface area contributed by atoms with Crippen LogP contribution in [0.2, 0.25) is 0 Å². The van der Waals surface area contributed by atoms with Gasteiger partial charge in [-0.2, -0.15) is 12.6 Å². The number of carbonyl (C=O) groups excluding carboxylic acids is 14. The van der Waals surface area contributed by atoms with Gasteiger partial charge in [-0.05, 0) is 129 Å². The molecule has 0 bridgehead atoms. The zero-order chi connectivity index (χ0) is 78.3. The Kier molecular flexibility index (Phi) is 217. The molecule has 1 aliphatic heterocycles. The molecule has 0 unspecified atom stereocenters. The molecule has 6 N–H and O–H groups in total. The number of carboxylic acids is 1. The molecule has 0 atom stereocenters. The smallest absolute Gasteiger partial charge is 0.310 e. The molecular formula is C60H122N6O22S2. The van der Waals surface area contributed by atoms with Crippen molar-refractivity contribution < 1.29 is 105 Å². The number of likely N-dealkylation sites (N-methyl/N-ethyl adjacent to an activating group) is 1. The van der Waals surface area contributed by atoms with Crippen LogP contribution in [0.15, 0.2) is 72.7 Å². The number of hydrazine groups is 2. The number of aldehydes is 1. The van der Waals surface area contributed by atoms with Crippen molar-refractivity contribution in [1.29, 1.82) is 0 Å². The predicted octanol–water partition coefficient (Wildman–Crippen LogP) is 7.68. The Balaban J connectivity index is -0.0000000321. The van der Waals surface area contributed by atoms with E-state index in [1.807, 2.05) is 62.6 Å². The Bertz CT molecular complexity index is 1820. The number of imide groups is 1. The lowest BCUT2D eigenvalue weighted by Crippen LogP contribution is -2.31. The van der Waals surface area contributed by atoms with Gasteiger partial charge in [0, 0.05) is 94.5 Å². The maximum Gasteiger partial charge on any atom is 0.310 e. The van der Waals surface area contributed by atoms with E-state index in [4.69, 9.17) is 24.6 Å². The average Bonchev–Trinajstić information content (AvgIpc) is 3.68. The van der Waals surface area contributed by atoms with E-state index in [-0.39, 0.29) is 58.6 Å². The highest BCUT2D eigenvalue weighted by Crippen LogP contribution is 1.97. The zero-order valence-corrected chi connectivity index (χ0v) is 62.7. The third kappa shape index (κ3) is 936. The number of carboxylic acid groups (broad SMARTS) is 1. The number of thiol groups is 1. The predicted molar refractivity (Wildman–Crippen MR) is 366 cm³/mol. The quantitative estimate of drug-likeness (QED) is 0.0113. The molecular weight excluding hydrogens is 1220 g/mol. The van der Waals surface area contributed by atoms with Crippen molar-refractivity contribution in [2.45, 2.75) is 166 Å². The maximum atomic E-state index is 10.4. The minimum atomic E-state index is -2.67. The molecule has 0 saturated heterocycles. The summed E-state index contributed by atoms with van der Waals surface area (Å²) in [5.74, 6) is -1.95. The second-order valence-corrected chi connectivity index (χ2v) is 16.7. The molecule has 0 fully saturated rings. The van der Waals surface area contributed by atoms with Crippen molar-refractivity contribution >= 4 is 111 Å². The van der Waals surface area contributed by atoms with Gasteiger partial charge in [-0.1, -0.05) is 53.0 Å². The highest BCUT2D eigenvalue weighted by Gasteiger charge is 2.17. The van der Waals surface area contributed by atoms with Gasteiger partial charge in [0.2, 0.25) is 12.0 Å². The summed E-state index contributed by atoms with van der Waals surface area (Å²) in [6.45, 7) is 51.6. The number of ketones is 5. The van der Waals surface area contributed by atoms with Crippen molar-refractivity contribution in [1.82, 2.24) is 26.6 Å². The van der Waals surface area contributed by atoms with E-state index in [2.05, 4.69) is 85.6 Å². The Hall–Kier alpha value is -7.82. The summed E-state index contributed by atoms with van der Waals surface area (Å²) in [7, 11) is 7.79. The van der Waals surface area contributed by atoms with Crippen LogP contribution in [0.5, 0.6) is 0 Å². The zero-order valence-electron chi connectivity index (χ0n) is 61.0. The maximum absolute atomic E-state index is 10.4. The third-order valence-corrected chi connectivity index (χ3v) is 3.06. The SMILES string of the molecule is C=C(C)C.C=C(C)OC(C)=O.C=C=CC.C=CC(C)=O.CC.CC.CC(=O)O.CC(=O)OC(C)=O.CC(C)=O.CC(C)=O.CC(C)=O.CC(C)=O.CC=O.CN1C(=O)C=CC1=O.CN=C=O.CNNC.CNNC(C)=O.CO.COC(C)=O.CS.CS(C)(=O)=O. The van der Waals surface area contributed by atoms with Crippen molar-refractivity contribution in [3.05, 3.63) is 67.7 Å². The first kappa shape index (κ1) is 140. The van der Waals surface area contributed by atoms with Crippen molar-refractivity contribution in [3.63, 3.8) is 0 Å². The van der Waals surface area contributed by atoms with Crippen LogP contribution in [-0.4, -0.2) is 181 Å². The van der Waals surface area contributed by atoms with E-state index >= 15 is 0 Å². The molecule has 0 saturated carbocycles. The molecule has 0 aromatic carbocycles. The van der Waals surface area contributed by atoms with E-state index in [0.29, 0.717) is 5.76 Å². The van der Waals surface area contributed by atoms with Gasteiger partial charge in [-0.25, -0.2) is 23.6 Å². The summed E-state index contributed by atoms with van der Waals surface area (Å²) in [5.41, 5.74) is 13.9. The molecule has 90 heavy (non-hydrogen) atoms. The number of aliphatic hydroxyl groups is 1. The van der Waals surface area contributed by atoms with Crippen LogP contribution in [0, 0.1) is 0 Å². The van der Waals surface area contributed by atoms with Crippen LogP contribution in [0.1, 0.15) is 166 Å². The largest absolute Gasteiger partial charge is 0.481 e. The summed E-state index contributed by atoms with van der Waals surface area (Å²) in [6.07, 6.45) is 11.6. The number of amides is 3. The lowest BCUT2D eigenvalue weighted by Gasteiger charge is -2.01. The number of aliphatic hydroxyl groups excluding tert-OH is 1. The molecule has 1 rings (SSSR count). The molecule has 0 aromatic rings. The topological polar surface area (TPSA) is 422 Å². The third-order valence-electron chi connectivity index (χ3n) is 3.06. The molecule has 1 heterocycles. The lowest BCUT2D eigenvalue weighted by atomic mass is 10.4. The minimum Gasteiger partial charge on any atom is -0.481 e. The average molecular weight is 1340 g/mol. The van der Waals surface area contributed by atoms with Crippen LogP contribution >= 0.6 is 12.6 Å². The molecule has 1 aliphatic rings. The molecule has 3 amide bonds. The fraction of sp³-hybridized carbons (Fsp3) is 0.567. The Morgan fingerprint density at radius 2 is 0.778 bits per heavy atom. The summed E-state index contributed by atoms with van der Waals surface area (Å²) >= 11 is 3.53. The van der Waals surface area contributed by atoms with Gasteiger partial charge in [0.15, 0.2) is 5.78 Å². The molecule has 0 aromatic heterocycles.